The predicted octanol–water partition coefficient (Wildman–Crippen LogP) is 6.07. The molecular formula is C41H57N7O7. The van der Waals surface area contributed by atoms with E-state index in [-0.39, 0.29) is 35.9 Å². The summed E-state index contributed by atoms with van der Waals surface area (Å²) in [6.07, 6.45) is 4.23. The lowest BCUT2D eigenvalue weighted by Crippen LogP contribution is -2.54. The van der Waals surface area contributed by atoms with Gasteiger partial charge in [-0.2, -0.15) is 0 Å². The second-order valence-corrected chi connectivity index (χ2v) is 15.2. The third-order valence-corrected chi connectivity index (χ3v) is 10.9. The van der Waals surface area contributed by atoms with Crippen molar-refractivity contribution in [1.29, 1.82) is 0 Å². The Morgan fingerprint density at radius 3 is 2.02 bits per heavy atom. The number of imidazole rings is 1. The van der Waals surface area contributed by atoms with E-state index in [9.17, 15) is 24.3 Å². The fourth-order valence-electron chi connectivity index (χ4n) is 7.75. The minimum absolute atomic E-state index is 0.0131. The number of rotatable bonds is 12. The SMILES string of the molecule is COC(=O)N[C@@H](C(C)C)C(O)N1CCC[C@H]1c1ncc(-c2ccc(-c3ccc([C@@H](C)NC(=O)C4CCCCC4C(=O)N(NC(=O)OC)C(C)C)cc3)cc2)[nH]1. The molecular weight excluding hydrogens is 702 g/mol. The Labute approximate surface area is 323 Å². The Morgan fingerprint density at radius 2 is 1.42 bits per heavy atom. The van der Waals surface area contributed by atoms with Gasteiger partial charge >= 0.3 is 12.2 Å². The number of methoxy groups -OCH3 is 2. The monoisotopic (exact) mass is 759 g/mol. The van der Waals surface area contributed by atoms with Gasteiger partial charge in [0.2, 0.25) is 11.8 Å². The highest BCUT2D eigenvalue weighted by Crippen LogP contribution is 2.35. The molecule has 3 aromatic rings. The number of nitrogens with one attached hydrogen (secondary N) is 4. The summed E-state index contributed by atoms with van der Waals surface area (Å²) in [5.74, 6) is -0.722. The fraction of sp³-hybridized carbons (Fsp3) is 0.537. The molecule has 55 heavy (non-hydrogen) atoms. The van der Waals surface area contributed by atoms with Crippen LogP contribution in [-0.4, -0.2) is 88.1 Å². The number of aromatic nitrogens is 2. The third kappa shape index (κ3) is 9.84. The van der Waals surface area contributed by atoms with Crippen LogP contribution in [-0.2, 0) is 19.1 Å². The second-order valence-electron chi connectivity index (χ2n) is 15.2. The van der Waals surface area contributed by atoms with Crippen molar-refractivity contribution in [2.75, 3.05) is 20.8 Å². The lowest BCUT2D eigenvalue weighted by atomic mass is 9.77. The summed E-state index contributed by atoms with van der Waals surface area (Å²) >= 11 is 0. The molecule has 2 heterocycles. The van der Waals surface area contributed by atoms with E-state index in [1.165, 1.54) is 19.2 Å². The molecule has 1 aliphatic heterocycles. The molecule has 0 spiro atoms. The van der Waals surface area contributed by atoms with Crippen LogP contribution in [0, 0.1) is 17.8 Å². The lowest BCUT2D eigenvalue weighted by Gasteiger charge is -2.35. The standard InChI is InChI=1S/C41H57N7O7/c1-24(2)35(45-40(52)54-6)39(51)47-22-10-13-34(47)36-42-23-33(44-36)30-20-18-29(19-21-30)28-16-14-27(15-17-28)26(5)43-37(49)31-11-8-9-12-32(31)38(50)48(25(3)4)46-41(53)55-7/h14-21,23-26,31-32,34-35,39,51H,8-13,22H2,1-7H3,(H,42,44)(H,43,49)(H,45,52)(H,46,53)/t26-,31?,32?,34+,35+,39?/m1/s1. The van der Waals surface area contributed by atoms with Crippen molar-refractivity contribution in [2.45, 2.75) is 104 Å². The zero-order valence-electron chi connectivity index (χ0n) is 33.0. The minimum Gasteiger partial charge on any atom is -0.453 e. The Balaban J connectivity index is 1.21. The number of hydrogen-bond acceptors (Lipinski definition) is 9. The van der Waals surface area contributed by atoms with Gasteiger partial charge in [-0.15, -0.1) is 0 Å². The van der Waals surface area contributed by atoms with Gasteiger partial charge in [0.1, 0.15) is 12.1 Å². The maximum atomic E-state index is 13.6. The molecule has 6 atom stereocenters. The Morgan fingerprint density at radius 1 is 0.818 bits per heavy atom. The van der Waals surface area contributed by atoms with E-state index < -0.39 is 36.3 Å². The molecule has 5 N–H and O–H groups in total. The molecule has 1 aliphatic carbocycles. The maximum Gasteiger partial charge on any atom is 0.425 e. The van der Waals surface area contributed by atoms with Crippen molar-refractivity contribution in [2.24, 2.45) is 17.8 Å². The van der Waals surface area contributed by atoms with Crippen molar-refractivity contribution in [3.05, 3.63) is 66.1 Å². The topological polar surface area (TPSA) is 178 Å². The predicted molar refractivity (Wildman–Crippen MR) is 208 cm³/mol. The highest BCUT2D eigenvalue weighted by Gasteiger charge is 2.40. The molecule has 2 aliphatic rings. The maximum absolute atomic E-state index is 13.6. The number of carbonyl (C=O) groups is 4. The summed E-state index contributed by atoms with van der Waals surface area (Å²) < 4.78 is 9.49. The molecule has 5 rings (SSSR count). The zero-order chi connectivity index (χ0) is 39.8. The number of carbonyl (C=O) groups excluding carboxylic acids is 4. The van der Waals surface area contributed by atoms with Gasteiger partial charge in [-0.3, -0.25) is 14.5 Å². The van der Waals surface area contributed by atoms with E-state index in [1.807, 2.05) is 68.3 Å². The van der Waals surface area contributed by atoms with Crippen molar-refractivity contribution >= 4 is 24.0 Å². The van der Waals surface area contributed by atoms with Crippen LogP contribution in [0.5, 0.6) is 0 Å². The van der Waals surface area contributed by atoms with E-state index in [0.29, 0.717) is 19.4 Å². The number of aromatic amines is 1. The first-order valence-electron chi connectivity index (χ1n) is 19.3. The van der Waals surface area contributed by atoms with Crippen LogP contribution in [0.25, 0.3) is 22.4 Å². The van der Waals surface area contributed by atoms with Gasteiger partial charge in [0.15, 0.2) is 0 Å². The Kier molecular flexibility index (Phi) is 13.9. The molecule has 14 nitrogen and oxygen atoms in total. The Bertz CT molecular complexity index is 1760. The number of H-pyrrole nitrogens is 1. The van der Waals surface area contributed by atoms with Gasteiger partial charge in [0, 0.05) is 18.5 Å². The molecule has 3 unspecified atom stereocenters. The molecule has 1 aromatic heterocycles. The van der Waals surface area contributed by atoms with Crippen LogP contribution in [0.3, 0.4) is 0 Å². The smallest absolute Gasteiger partial charge is 0.425 e. The van der Waals surface area contributed by atoms with E-state index in [4.69, 9.17) is 14.5 Å². The van der Waals surface area contributed by atoms with Gasteiger partial charge < -0.3 is 30.2 Å². The zero-order valence-corrected chi connectivity index (χ0v) is 33.0. The van der Waals surface area contributed by atoms with Crippen molar-refractivity contribution in [1.82, 2.24) is 35.9 Å². The van der Waals surface area contributed by atoms with E-state index in [2.05, 4.69) is 33.2 Å². The summed E-state index contributed by atoms with van der Waals surface area (Å²) in [7, 11) is 2.56. The van der Waals surface area contributed by atoms with Gasteiger partial charge in [-0.05, 0) is 74.6 Å². The molecule has 14 heteroatoms. The summed E-state index contributed by atoms with van der Waals surface area (Å²) in [4.78, 5) is 61.2. The van der Waals surface area contributed by atoms with Crippen LogP contribution < -0.4 is 16.1 Å². The highest BCUT2D eigenvalue weighted by atomic mass is 16.5. The average Bonchev–Trinajstić information content (AvgIpc) is 3.89. The Hall–Kier alpha value is -4.95. The number of aliphatic hydroxyl groups excluding tert-OH is 1. The number of alkyl carbamates (subject to hydrolysis) is 1. The normalized spacial score (nSPS) is 20.4. The summed E-state index contributed by atoms with van der Waals surface area (Å²) in [5, 5.41) is 18.5. The van der Waals surface area contributed by atoms with Crippen LogP contribution in [0.15, 0.2) is 54.7 Å². The molecule has 1 saturated carbocycles. The number of hydrazine groups is 1. The first kappa shape index (κ1) is 41.2. The quantitative estimate of drug-likeness (QED) is 0.137. The van der Waals surface area contributed by atoms with Crippen molar-refractivity contribution < 1.29 is 33.8 Å². The number of ether oxygens (including phenoxy) is 2. The fourth-order valence-corrected chi connectivity index (χ4v) is 7.75. The molecule has 2 aromatic carbocycles. The van der Waals surface area contributed by atoms with Gasteiger partial charge in [-0.1, -0.05) is 75.2 Å². The molecule has 0 radical (unpaired) electrons. The van der Waals surface area contributed by atoms with Crippen LogP contribution in [0.4, 0.5) is 9.59 Å². The number of amides is 4. The lowest BCUT2D eigenvalue weighted by molar-refractivity contribution is -0.147. The number of benzene rings is 2. The van der Waals surface area contributed by atoms with Crippen molar-refractivity contribution in [3.63, 3.8) is 0 Å². The first-order valence-corrected chi connectivity index (χ1v) is 19.3. The highest BCUT2D eigenvalue weighted by molar-refractivity contribution is 5.89. The van der Waals surface area contributed by atoms with Crippen molar-refractivity contribution in [3.8, 4) is 22.4 Å². The molecule has 2 fully saturated rings. The van der Waals surface area contributed by atoms with Crippen LogP contribution in [0.1, 0.15) is 96.6 Å². The number of nitrogens with zero attached hydrogens (tertiary/aromatic N) is 3. The van der Waals surface area contributed by atoms with Crippen LogP contribution in [0.2, 0.25) is 0 Å². The van der Waals surface area contributed by atoms with Gasteiger partial charge in [0.05, 0.1) is 50.2 Å². The molecule has 0 bridgehead atoms. The first-order chi connectivity index (χ1) is 26.3. The third-order valence-electron chi connectivity index (χ3n) is 10.9. The van der Waals surface area contributed by atoms with E-state index >= 15 is 0 Å². The summed E-state index contributed by atoms with van der Waals surface area (Å²) in [5.41, 5.74) is 7.37. The number of likely N-dealkylation sites (tertiary alicyclic amines) is 1. The summed E-state index contributed by atoms with van der Waals surface area (Å²) in [6.45, 7) is 10.1. The summed E-state index contributed by atoms with van der Waals surface area (Å²) in [6, 6.07) is 15.1. The van der Waals surface area contributed by atoms with E-state index in [1.54, 1.807) is 13.8 Å². The van der Waals surface area contributed by atoms with Gasteiger partial charge in [0.25, 0.3) is 0 Å². The molecule has 298 valence electrons. The minimum atomic E-state index is -0.899. The van der Waals surface area contributed by atoms with Gasteiger partial charge in [-0.25, -0.2) is 25.0 Å². The molecule has 4 amide bonds. The number of hydrogen-bond donors (Lipinski definition) is 5. The second kappa shape index (κ2) is 18.6. The largest absolute Gasteiger partial charge is 0.453 e. The van der Waals surface area contributed by atoms with Crippen LogP contribution >= 0.6 is 0 Å². The van der Waals surface area contributed by atoms with E-state index in [0.717, 1.165) is 59.5 Å². The average molecular weight is 760 g/mol. The number of aliphatic hydroxyl groups is 1. The molecule has 1 saturated heterocycles.